The molecule has 1 saturated carbocycles. The molecule has 0 atom stereocenters. The number of fused-ring (bicyclic) bond motifs is 1. The van der Waals surface area contributed by atoms with Crippen molar-refractivity contribution >= 4 is 28.3 Å². The maximum absolute atomic E-state index is 12.4. The Balaban J connectivity index is 1.31. The summed E-state index contributed by atoms with van der Waals surface area (Å²) < 4.78 is 4.94. The smallest absolute Gasteiger partial charge is 0.279 e. The van der Waals surface area contributed by atoms with Crippen LogP contribution in [0.15, 0.2) is 10.6 Å². The van der Waals surface area contributed by atoms with Gasteiger partial charge in [-0.05, 0) is 19.8 Å². The summed E-state index contributed by atoms with van der Waals surface area (Å²) in [5.41, 5.74) is 1.24. The van der Waals surface area contributed by atoms with Crippen LogP contribution in [0.2, 0.25) is 0 Å². The van der Waals surface area contributed by atoms with Crippen molar-refractivity contribution in [2.45, 2.75) is 58.0 Å². The molecule has 9 heteroatoms. The Morgan fingerprint density at radius 1 is 1.32 bits per heavy atom. The Kier molecular flexibility index (Phi) is 5.72. The fraction of sp³-hybridized carbons (Fsp3) is 0.579. The highest BCUT2D eigenvalue weighted by atomic mass is 32.1. The predicted molar refractivity (Wildman–Crippen MR) is 105 cm³/mol. The van der Waals surface area contributed by atoms with Crippen LogP contribution >= 0.6 is 11.3 Å². The molecule has 2 aromatic heterocycles. The summed E-state index contributed by atoms with van der Waals surface area (Å²) >= 11 is 1.46. The van der Waals surface area contributed by atoms with E-state index in [1.807, 2.05) is 0 Å². The van der Waals surface area contributed by atoms with E-state index in [9.17, 15) is 9.59 Å². The lowest BCUT2D eigenvalue weighted by Crippen LogP contribution is -2.44. The van der Waals surface area contributed by atoms with Gasteiger partial charge in [-0.2, -0.15) is 0 Å². The van der Waals surface area contributed by atoms with Crippen molar-refractivity contribution in [2.75, 3.05) is 18.4 Å². The molecular formula is C19H25N5O3S. The van der Waals surface area contributed by atoms with Crippen molar-refractivity contribution in [3.05, 3.63) is 28.1 Å². The van der Waals surface area contributed by atoms with E-state index in [0.29, 0.717) is 30.0 Å². The molecule has 0 spiro atoms. The molecule has 28 heavy (non-hydrogen) atoms. The van der Waals surface area contributed by atoms with Gasteiger partial charge in [-0.1, -0.05) is 24.4 Å². The predicted octanol–water partition coefficient (Wildman–Crippen LogP) is 2.50. The van der Waals surface area contributed by atoms with Gasteiger partial charge in [0.25, 0.3) is 5.91 Å². The molecule has 8 nitrogen and oxygen atoms in total. The maximum atomic E-state index is 12.4. The second kappa shape index (κ2) is 8.40. The third-order valence-corrected chi connectivity index (χ3v) is 6.23. The monoisotopic (exact) mass is 403 g/mol. The van der Waals surface area contributed by atoms with E-state index in [2.05, 4.69) is 25.7 Å². The van der Waals surface area contributed by atoms with Gasteiger partial charge >= 0.3 is 0 Å². The molecule has 4 rings (SSSR count). The SMILES string of the molecule is Cc1cc(C(=O)Nc2nc3c(s2)CN(CC(=O)NC2CCCCC2)CC3)no1. The summed E-state index contributed by atoms with van der Waals surface area (Å²) in [6, 6.07) is 1.93. The number of hydrogen-bond donors (Lipinski definition) is 2. The third-order valence-electron chi connectivity index (χ3n) is 5.23. The highest BCUT2D eigenvalue weighted by molar-refractivity contribution is 7.15. The van der Waals surface area contributed by atoms with Crippen molar-refractivity contribution in [3.63, 3.8) is 0 Å². The first-order valence-electron chi connectivity index (χ1n) is 9.82. The quantitative estimate of drug-likeness (QED) is 0.796. The highest BCUT2D eigenvalue weighted by Crippen LogP contribution is 2.28. The lowest BCUT2D eigenvalue weighted by Gasteiger charge is -2.27. The van der Waals surface area contributed by atoms with Crippen molar-refractivity contribution < 1.29 is 14.1 Å². The van der Waals surface area contributed by atoms with Crippen LogP contribution in [0.25, 0.3) is 0 Å². The van der Waals surface area contributed by atoms with E-state index in [1.165, 1.54) is 30.6 Å². The van der Waals surface area contributed by atoms with Crippen molar-refractivity contribution in [3.8, 4) is 0 Å². The molecule has 0 saturated heterocycles. The molecule has 0 unspecified atom stereocenters. The van der Waals surface area contributed by atoms with Gasteiger partial charge in [0.05, 0.1) is 12.2 Å². The Hall–Kier alpha value is -2.26. The minimum absolute atomic E-state index is 0.106. The Labute approximate surface area is 167 Å². The first kappa shape index (κ1) is 19.1. The zero-order valence-electron chi connectivity index (χ0n) is 16.0. The Morgan fingerprint density at radius 2 is 2.14 bits per heavy atom. The third kappa shape index (κ3) is 4.59. The van der Waals surface area contributed by atoms with Crippen molar-refractivity contribution in [1.82, 2.24) is 20.4 Å². The molecule has 1 fully saturated rings. The number of aryl methyl sites for hydroxylation is 1. The number of nitrogens with one attached hydrogen (secondary N) is 2. The lowest BCUT2D eigenvalue weighted by atomic mass is 9.95. The highest BCUT2D eigenvalue weighted by Gasteiger charge is 2.24. The van der Waals surface area contributed by atoms with Crippen LogP contribution in [-0.2, 0) is 17.8 Å². The van der Waals surface area contributed by atoms with Crippen molar-refractivity contribution in [1.29, 1.82) is 0 Å². The molecule has 2 amide bonds. The van der Waals surface area contributed by atoms with Gasteiger partial charge in [0.1, 0.15) is 5.76 Å². The molecule has 2 aliphatic rings. The second-order valence-electron chi connectivity index (χ2n) is 7.53. The molecule has 0 aromatic carbocycles. The molecule has 150 valence electrons. The summed E-state index contributed by atoms with van der Waals surface area (Å²) in [6.45, 7) is 3.63. The number of rotatable bonds is 5. The van der Waals surface area contributed by atoms with E-state index >= 15 is 0 Å². The topological polar surface area (TPSA) is 100 Å². The fourth-order valence-electron chi connectivity index (χ4n) is 3.79. The number of carbonyl (C=O) groups is 2. The molecule has 2 N–H and O–H groups in total. The van der Waals surface area contributed by atoms with Gasteiger partial charge in [-0.3, -0.25) is 19.8 Å². The van der Waals surface area contributed by atoms with E-state index in [1.54, 1.807) is 13.0 Å². The van der Waals surface area contributed by atoms with E-state index in [4.69, 9.17) is 4.52 Å². The number of hydrogen-bond acceptors (Lipinski definition) is 7. The number of thiazole rings is 1. The summed E-state index contributed by atoms with van der Waals surface area (Å²) in [4.78, 5) is 32.3. The second-order valence-corrected chi connectivity index (χ2v) is 8.61. The molecule has 2 aromatic rings. The largest absolute Gasteiger partial charge is 0.361 e. The summed E-state index contributed by atoms with van der Waals surface area (Å²) in [5.74, 6) is 0.368. The summed E-state index contributed by atoms with van der Waals surface area (Å²) in [5, 5.41) is 10.2. The van der Waals surface area contributed by atoms with Crippen LogP contribution in [-0.4, -0.2) is 46.0 Å². The Morgan fingerprint density at radius 3 is 2.89 bits per heavy atom. The maximum Gasteiger partial charge on any atom is 0.279 e. The summed E-state index contributed by atoms with van der Waals surface area (Å²) in [6.07, 6.45) is 6.67. The van der Waals surface area contributed by atoms with Gasteiger partial charge in [-0.25, -0.2) is 4.98 Å². The van der Waals surface area contributed by atoms with Crippen LogP contribution in [0.5, 0.6) is 0 Å². The van der Waals surface area contributed by atoms with Gasteiger partial charge in [0.2, 0.25) is 5.91 Å². The summed E-state index contributed by atoms with van der Waals surface area (Å²) in [7, 11) is 0. The molecule has 1 aliphatic heterocycles. The van der Waals surface area contributed by atoms with Gasteiger partial charge in [0.15, 0.2) is 10.8 Å². The molecule has 1 aliphatic carbocycles. The van der Waals surface area contributed by atoms with Crippen LogP contribution in [0.4, 0.5) is 5.13 Å². The molecule has 0 radical (unpaired) electrons. The average molecular weight is 404 g/mol. The van der Waals surface area contributed by atoms with Crippen molar-refractivity contribution in [2.24, 2.45) is 0 Å². The minimum Gasteiger partial charge on any atom is -0.361 e. The number of carbonyl (C=O) groups excluding carboxylic acids is 2. The number of aromatic nitrogens is 2. The molecule has 0 bridgehead atoms. The zero-order valence-corrected chi connectivity index (χ0v) is 16.8. The van der Waals surface area contributed by atoms with Gasteiger partial charge < -0.3 is 9.84 Å². The average Bonchev–Trinajstić information content (AvgIpc) is 3.27. The van der Waals surface area contributed by atoms with Gasteiger partial charge in [0, 0.05) is 36.5 Å². The fourth-order valence-corrected chi connectivity index (χ4v) is 4.84. The Bertz CT molecular complexity index is 856. The van der Waals surface area contributed by atoms with Crippen LogP contribution < -0.4 is 10.6 Å². The number of nitrogens with zero attached hydrogens (tertiary/aromatic N) is 3. The molecular weight excluding hydrogens is 378 g/mol. The lowest BCUT2D eigenvalue weighted by molar-refractivity contribution is -0.123. The van der Waals surface area contributed by atoms with Crippen LogP contribution in [0.3, 0.4) is 0 Å². The van der Waals surface area contributed by atoms with E-state index in [-0.39, 0.29) is 17.5 Å². The first-order valence-corrected chi connectivity index (χ1v) is 10.6. The van der Waals surface area contributed by atoms with Crippen LogP contribution in [0, 0.1) is 6.92 Å². The zero-order chi connectivity index (χ0) is 19.5. The van der Waals surface area contributed by atoms with Crippen LogP contribution in [0.1, 0.15) is 58.9 Å². The standard InChI is InChI=1S/C19H25N5O3S/c1-12-9-15(23-27-12)18(26)22-19-21-14-7-8-24(10-16(14)28-19)11-17(25)20-13-5-3-2-4-6-13/h9,13H,2-8,10-11H2,1H3,(H,20,25)(H,21,22,26). The van der Waals surface area contributed by atoms with E-state index in [0.717, 1.165) is 36.4 Å². The molecule has 3 heterocycles. The van der Waals surface area contributed by atoms with E-state index < -0.39 is 0 Å². The van der Waals surface area contributed by atoms with Gasteiger partial charge in [-0.15, -0.1) is 11.3 Å². The number of anilines is 1. The number of amides is 2. The first-order chi connectivity index (χ1) is 13.6. The normalized spacial score (nSPS) is 17.9. The minimum atomic E-state index is -0.327.